The van der Waals surface area contributed by atoms with Gasteiger partial charge in [0, 0.05) is 5.69 Å². The van der Waals surface area contributed by atoms with Gasteiger partial charge in [0.25, 0.3) is 0 Å². The van der Waals surface area contributed by atoms with E-state index in [9.17, 15) is 5.21 Å². The molecule has 1 aliphatic carbocycles. The molecule has 1 aliphatic rings. The van der Waals surface area contributed by atoms with Crippen LogP contribution in [-0.4, -0.2) is 22.1 Å². The molecule has 0 unspecified atom stereocenters. The van der Waals surface area contributed by atoms with E-state index in [1.165, 1.54) is 5.56 Å². The number of pyridine rings is 1. The van der Waals surface area contributed by atoms with Gasteiger partial charge in [0.15, 0.2) is 5.84 Å². The number of nitrogens with zero attached hydrogens (tertiary/aromatic N) is 2. The lowest BCUT2D eigenvalue weighted by Gasteiger charge is -2.13. The molecule has 0 amide bonds. The van der Waals surface area contributed by atoms with Crippen LogP contribution in [0.5, 0.6) is 5.88 Å². The van der Waals surface area contributed by atoms with Gasteiger partial charge in [-0.25, -0.2) is 4.98 Å². The highest BCUT2D eigenvalue weighted by Crippen LogP contribution is 2.26. The van der Waals surface area contributed by atoms with E-state index < -0.39 is 0 Å². The maximum Gasteiger partial charge on any atom is 0.225 e. The van der Waals surface area contributed by atoms with Crippen LogP contribution in [0.1, 0.15) is 55.0 Å². The van der Waals surface area contributed by atoms with Crippen LogP contribution in [0.3, 0.4) is 0 Å². The molecule has 5 nitrogen and oxygen atoms in total. The van der Waals surface area contributed by atoms with Crippen LogP contribution < -0.4 is 10.2 Å². The Bertz CT molecular complexity index is 750. The molecule has 0 saturated heterocycles. The summed E-state index contributed by atoms with van der Waals surface area (Å²) in [5.74, 6) is 1.41. The molecule has 1 aromatic carbocycles. The van der Waals surface area contributed by atoms with Crippen LogP contribution >= 0.6 is 0 Å². The molecule has 1 aromatic heterocycles. The summed E-state index contributed by atoms with van der Waals surface area (Å²) in [5, 5.41) is 9.45. The minimum atomic E-state index is 0.285. The highest BCUT2D eigenvalue weighted by atomic mass is 16.5. The Morgan fingerprint density at radius 3 is 2.56 bits per heavy atom. The van der Waals surface area contributed by atoms with Gasteiger partial charge in [-0.05, 0) is 48.9 Å². The van der Waals surface area contributed by atoms with Crippen LogP contribution in [0.2, 0.25) is 0 Å². The summed E-state index contributed by atoms with van der Waals surface area (Å²) in [6.07, 6.45) is 2.12. The van der Waals surface area contributed by atoms with Gasteiger partial charge in [-0.1, -0.05) is 38.1 Å². The number of nitrogens with one attached hydrogen (secondary N) is 1. The molecule has 0 radical (unpaired) electrons. The highest BCUT2D eigenvalue weighted by molar-refractivity contribution is 6.00. The van der Waals surface area contributed by atoms with E-state index in [1.54, 1.807) is 0 Å². The molecule has 1 saturated carbocycles. The Hall–Kier alpha value is -2.40. The van der Waals surface area contributed by atoms with E-state index in [1.807, 2.05) is 19.1 Å². The zero-order valence-corrected chi connectivity index (χ0v) is 15.0. The minimum absolute atomic E-state index is 0.285. The smallest absolute Gasteiger partial charge is 0.225 e. The first-order chi connectivity index (χ1) is 12.1. The Balaban J connectivity index is 1.78. The summed E-state index contributed by atoms with van der Waals surface area (Å²) in [4.78, 5) is 8.96. The molecular weight excluding hydrogens is 314 g/mol. The molecule has 1 heterocycles. The largest absolute Gasteiger partial charge is 0.472 e. The summed E-state index contributed by atoms with van der Waals surface area (Å²) in [5.41, 5.74) is 6.12. The van der Waals surface area contributed by atoms with Gasteiger partial charge in [-0.15, -0.1) is 0 Å². The average molecular weight is 339 g/mol. The van der Waals surface area contributed by atoms with E-state index in [4.69, 9.17) is 4.74 Å². The molecule has 0 atom stereocenters. The Morgan fingerprint density at radius 2 is 1.96 bits per heavy atom. The molecule has 0 aliphatic heterocycles. The summed E-state index contributed by atoms with van der Waals surface area (Å²) in [6.45, 7) is 6.69. The first-order valence-corrected chi connectivity index (χ1v) is 8.74. The maximum atomic E-state index is 9.45. The zero-order chi connectivity index (χ0) is 17.8. The molecule has 1 fully saturated rings. The standard InChI is InChI=1S/C20H25N3O2/c1-13(2)16-7-5-15(6-8-16)12-25-20-18(11-4-14(3)21-20)19(23-24)22-17-9-10-17/h4-8,11,13,17,24H,9-10,12H2,1-3H3,(H,22,23). The third-order valence-corrected chi connectivity index (χ3v) is 4.24. The number of hydrogen-bond donors (Lipinski definition) is 2. The van der Waals surface area contributed by atoms with Crippen molar-refractivity contribution in [1.29, 1.82) is 0 Å². The molecule has 5 heteroatoms. The Kier molecular flexibility index (Phi) is 5.34. The van der Waals surface area contributed by atoms with Gasteiger partial charge < -0.3 is 4.74 Å². The monoisotopic (exact) mass is 339 g/mol. The highest BCUT2D eigenvalue weighted by Gasteiger charge is 2.23. The lowest BCUT2D eigenvalue weighted by molar-refractivity contribution is 0.233. The SMILES string of the molecule is Cc1ccc(C(=NC2CC2)NO)c(OCc2ccc(C(C)C)cc2)n1. The van der Waals surface area contributed by atoms with Gasteiger partial charge in [0.2, 0.25) is 5.88 Å². The number of aliphatic imine (C=N–C) groups is 1. The first-order valence-electron chi connectivity index (χ1n) is 8.74. The van der Waals surface area contributed by atoms with Crippen LogP contribution in [-0.2, 0) is 6.61 Å². The second-order valence-electron chi connectivity index (χ2n) is 6.81. The Labute approximate surface area is 148 Å². The van der Waals surface area contributed by atoms with Crippen molar-refractivity contribution in [2.45, 2.75) is 52.2 Å². The molecule has 0 bridgehead atoms. The number of aromatic nitrogens is 1. The topological polar surface area (TPSA) is 66.7 Å². The number of rotatable bonds is 6. The normalized spacial score (nSPS) is 14.7. The predicted molar refractivity (Wildman–Crippen MR) is 98.3 cm³/mol. The lowest BCUT2D eigenvalue weighted by atomic mass is 10.0. The molecule has 3 rings (SSSR count). The number of benzene rings is 1. The van der Waals surface area contributed by atoms with Crippen molar-refractivity contribution in [3.63, 3.8) is 0 Å². The number of hydroxylamine groups is 1. The second kappa shape index (κ2) is 7.66. The van der Waals surface area contributed by atoms with Crippen molar-refractivity contribution in [3.05, 3.63) is 58.8 Å². The van der Waals surface area contributed by atoms with Gasteiger partial charge in [0.05, 0.1) is 11.6 Å². The fourth-order valence-corrected chi connectivity index (χ4v) is 2.52. The van der Waals surface area contributed by atoms with Crippen LogP contribution in [0.4, 0.5) is 0 Å². The summed E-state index contributed by atoms with van der Waals surface area (Å²) >= 11 is 0. The van der Waals surface area contributed by atoms with Crippen LogP contribution in [0.25, 0.3) is 0 Å². The van der Waals surface area contributed by atoms with E-state index >= 15 is 0 Å². The van der Waals surface area contributed by atoms with E-state index in [0.29, 0.717) is 29.8 Å². The molecule has 2 aromatic rings. The van der Waals surface area contributed by atoms with Gasteiger partial charge in [0.1, 0.15) is 6.61 Å². The van der Waals surface area contributed by atoms with Crippen LogP contribution in [0, 0.1) is 6.92 Å². The van der Waals surface area contributed by atoms with Gasteiger partial charge in [-0.2, -0.15) is 0 Å². The van der Waals surface area contributed by atoms with E-state index in [0.717, 1.165) is 24.1 Å². The second-order valence-corrected chi connectivity index (χ2v) is 6.81. The van der Waals surface area contributed by atoms with Crippen molar-refractivity contribution < 1.29 is 9.94 Å². The Morgan fingerprint density at radius 1 is 1.24 bits per heavy atom. The summed E-state index contributed by atoms with van der Waals surface area (Å²) < 4.78 is 5.95. The van der Waals surface area contributed by atoms with Gasteiger partial charge in [-0.3, -0.25) is 15.7 Å². The number of amidine groups is 1. The van der Waals surface area contributed by atoms with Crippen molar-refractivity contribution in [2.24, 2.45) is 4.99 Å². The first kappa shape index (κ1) is 17.4. The van der Waals surface area contributed by atoms with Crippen molar-refractivity contribution in [2.75, 3.05) is 0 Å². The van der Waals surface area contributed by atoms with Crippen molar-refractivity contribution in [1.82, 2.24) is 10.5 Å². The predicted octanol–water partition coefficient (Wildman–Crippen LogP) is 3.98. The lowest BCUT2D eigenvalue weighted by Crippen LogP contribution is -2.22. The van der Waals surface area contributed by atoms with Crippen molar-refractivity contribution >= 4 is 5.84 Å². The van der Waals surface area contributed by atoms with Crippen molar-refractivity contribution in [3.8, 4) is 5.88 Å². The zero-order valence-electron chi connectivity index (χ0n) is 15.0. The molecule has 0 spiro atoms. The number of hydrogen-bond acceptors (Lipinski definition) is 4. The van der Waals surface area contributed by atoms with E-state index in [-0.39, 0.29) is 6.04 Å². The molecule has 25 heavy (non-hydrogen) atoms. The molecule has 2 N–H and O–H groups in total. The van der Waals surface area contributed by atoms with E-state index in [2.05, 4.69) is 53.6 Å². The number of aryl methyl sites for hydroxylation is 1. The maximum absolute atomic E-state index is 9.45. The van der Waals surface area contributed by atoms with Gasteiger partial charge >= 0.3 is 0 Å². The molecular formula is C20H25N3O2. The average Bonchev–Trinajstić information content (AvgIpc) is 3.43. The number of ether oxygens (including phenoxy) is 1. The third-order valence-electron chi connectivity index (χ3n) is 4.24. The quantitative estimate of drug-likeness (QED) is 0.474. The summed E-state index contributed by atoms with van der Waals surface area (Å²) in [7, 11) is 0. The summed E-state index contributed by atoms with van der Waals surface area (Å²) in [6, 6.07) is 12.5. The fourth-order valence-electron chi connectivity index (χ4n) is 2.52. The third kappa shape index (κ3) is 4.57. The van der Waals surface area contributed by atoms with Crippen LogP contribution in [0.15, 0.2) is 41.4 Å². The molecule has 132 valence electrons. The fraction of sp³-hybridized carbons (Fsp3) is 0.400. The minimum Gasteiger partial charge on any atom is -0.472 e.